The summed E-state index contributed by atoms with van der Waals surface area (Å²) in [5.74, 6) is -0.832. The monoisotopic (exact) mass is 385 g/mol. The summed E-state index contributed by atoms with van der Waals surface area (Å²) >= 11 is 1.34. The molecule has 1 aromatic heterocycles. The predicted octanol–water partition coefficient (Wildman–Crippen LogP) is 3.92. The molecule has 1 atom stereocenters. The SMILES string of the molecule is CC(C)CC(C(=O)Nc1nc(C(C)C)cs1)N1C(=O)c2ccccc2C1=O. The Labute approximate surface area is 162 Å². The third-order valence-electron chi connectivity index (χ3n) is 4.48. The molecule has 0 saturated carbocycles. The Hall–Kier alpha value is -2.54. The molecule has 2 heterocycles. The quantitative estimate of drug-likeness (QED) is 0.765. The van der Waals surface area contributed by atoms with Crippen LogP contribution < -0.4 is 5.32 Å². The Morgan fingerprint density at radius 1 is 1.11 bits per heavy atom. The number of hydrogen-bond donors (Lipinski definition) is 1. The number of imide groups is 1. The van der Waals surface area contributed by atoms with E-state index in [2.05, 4.69) is 10.3 Å². The van der Waals surface area contributed by atoms with Crippen LogP contribution in [-0.2, 0) is 4.79 Å². The van der Waals surface area contributed by atoms with Crippen molar-refractivity contribution >= 4 is 34.2 Å². The molecule has 27 heavy (non-hydrogen) atoms. The lowest BCUT2D eigenvalue weighted by atomic mass is 10.0. The number of amides is 3. The summed E-state index contributed by atoms with van der Waals surface area (Å²) in [6.07, 6.45) is 0.389. The van der Waals surface area contributed by atoms with E-state index < -0.39 is 17.9 Å². The Bertz CT molecular complexity index is 853. The number of benzene rings is 1. The number of thiazole rings is 1. The minimum atomic E-state index is -0.871. The van der Waals surface area contributed by atoms with Crippen molar-refractivity contribution in [3.05, 3.63) is 46.5 Å². The van der Waals surface area contributed by atoms with Gasteiger partial charge in [-0.1, -0.05) is 39.8 Å². The molecular weight excluding hydrogens is 362 g/mol. The van der Waals surface area contributed by atoms with Gasteiger partial charge in [0.15, 0.2) is 5.13 Å². The number of nitrogens with zero attached hydrogens (tertiary/aromatic N) is 2. The zero-order valence-corrected chi connectivity index (χ0v) is 16.7. The van der Waals surface area contributed by atoms with Crippen LogP contribution in [0.3, 0.4) is 0 Å². The molecule has 0 saturated heterocycles. The lowest BCUT2D eigenvalue weighted by Gasteiger charge is -2.26. The molecule has 0 bridgehead atoms. The van der Waals surface area contributed by atoms with Crippen molar-refractivity contribution in [2.24, 2.45) is 5.92 Å². The fourth-order valence-electron chi connectivity index (χ4n) is 3.06. The highest BCUT2D eigenvalue weighted by molar-refractivity contribution is 7.13. The first-order chi connectivity index (χ1) is 12.8. The third kappa shape index (κ3) is 3.78. The standard InChI is InChI=1S/C20H23N3O3S/c1-11(2)9-16(17(24)22-20-21-15(10-27-20)12(3)4)23-18(25)13-7-5-6-8-14(13)19(23)26/h5-8,10-12,16H,9H2,1-4H3,(H,21,22,24). The van der Waals surface area contributed by atoms with Gasteiger partial charge in [-0.25, -0.2) is 4.98 Å². The van der Waals surface area contributed by atoms with E-state index in [4.69, 9.17) is 0 Å². The number of carbonyl (C=O) groups excluding carboxylic acids is 3. The van der Waals surface area contributed by atoms with Crippen LogP contribution in [0.4, 0.5) is 5.13 Å². The van der Waals surface area contributed by atoms with Crippen molar-refractivity contribution in [3.63, 3.8) is 0 Å². The summed E-state index contributed by atoms with van der Waals surface area (Å²) in [7, 11) is 0. The molecule has 1 aliphatic rings. The van der Waals surface area contributed by atoms with Crippen molar-refractivity contribution in [1.29, 1.82) is 0 Å². The molecular formula is C20H23N3O3S. The maximum absolute atomic E-state index is 13.0. The number of nitrogens with one attached hydrogen (secondary N) is 1. The Morgan fingerprint density at radius 2 is 1.70 bits per heavy atom. The molecule has 0 radical (unpaired) electrons. The molecule has 0 spiro atoms. The summed E-state index contributed by atoms with van der Waals surface area (Å²) in [6, 6.07) is 5.80. The van der Waals surface area contributed by atoms with Crippen molar-refractivity contribution in [2.45, 2.75) is 46.1 Å². The second-order valence-corrected chi connectivity index (χ2v) is 8.25. The van der Waals surface area contributed by atoms with Gasteiger partial charge in [-0.3, -0.25) is 19.3 Å². The zero-order chi connectivity index (χ0) is 19.7. The molecule has 1 aliphatic heterocycles. The van der Waals surface area contributed by atoms with Gasteiger partial charge in [-0.15, -0.1) is 11.3 Å². The molecule has 1 aromatic carbocycles. The molecule has 142 valence electrons. The fraction of sp³-hybridized carbons (Fsp3) is 0.400. The van der Waals surface area contributed by atoms with Gasteiger partial charge in [0.05, 0.1) is 16.8 Å². The van der Waals surface area contributed by atoms with E-state index in [-0.39, 0.29) is 17.7 Å². The molecule has 0 aliphatic carbocycles. The minimum Gasteiger partial charge on any atom is -0.300 e. The number of anilines is 1. The largest absolute Gasteiger partial charge is 0.300 e. The number of aromatic nitrogens is 1. The van der Waals surface area contributed by atoms with Crippen LogP contribution in [0.15, 0.2) is 29.6 Å². The van der Waals surface area contributed by atoms with Gasteiger partial charge in [-0.05, 0) is 30.4 Å². The molecule has 0 fully saturated rings. The van der Waals surface area contributed by atoms with Crippen LogP contribution >= 0.6 is 11.3 Å². The zero-order valence-electron chi connectivity index (χ0n) is 15.9. The highest BCUT2D eigenvalue weighted by atomic mass is 32.1. The summed E-state index contributed by atoms with van der Waals surface area (Å²) in [5.41, 5.74) is 1.59. The first-order valence-corrected chi connectivity index (χ1v) is 9.90. The minimum absolute atomic E-state index is 0.132. The fourth-order valence-corrected chi connectivity index (χ4v) is 3.94. The highest BCUT2D eigenvalue weighted by Crippen LogP contribution is 2.28. The molecule has 1 N–H and O–H groups in total. The molecule has 7 heteroatoms. The van der Waals surface area contributed by atoms with Crippen molar-refractivity contribution < 1.29 is 14.4 Å². The van der Waals surface area contributed by atoms with E-state index in [0.717, 1.165) is 10.6 Å². The first kappa shape index (κ1) is 19.2. The maximum Gasteiger partial charge on any atom is 0.262 e. The van der Waals surface area contributed by atoms with E-state index >= 15 is 0 Å². The van der Waals surface area contributed by atoms with Crippen molar-refractivity contribution in [3.8, 4) is 0 Å². The topological polar surface area (TPSA) is 79.4 Å². The summed E-state index contributed by atoms with van der Waals surface area (Å²) in [4.78, 5) is 44.1. The number of carbonyl (C=O) groups is 3. The lowest BCUT2D eigenvalue weighted by molar-refractivity contribution is -0.120. The van der Waals surface area contributed by atoms with Gasteiger partial charge in [0.1, 0.15) is 6.04 Å². The Morgan fingerprint density at radius 3 is 2.19 bits per heavy atom. The predicted molar refractivity (Wildman–Crippen MR) is 105 cm³/mol. The van der Waals surface area contributed by atoms with E-state index in [9.17, 15) is 14.4 Å². The molecule has 2 aromatic rings. The summed E-state index contributed by atoms with van der Waals surface area (Å²) in [5, 5.41) is 5.17. The molecule has 1 unspecified atom stereocenters. The number of rotatable bonds is 6. The molecule has 6 nitrogen and oxygen atoms in total. The van der Waals surface area contributed by atoms with Crippen molar-refractivity contribution in [1.82, 2.24) is 9.88 Å². The van der Waals surface area contributed by atoms with E-state index in [1.165, 1.54) is 11.3 Å². The van der Waals surface area contributed by atoms with Crippen LogP contribution in [0.1, 0.15) is 66.4 Å². The first-order valence-electron chi connectivity index (χ1n) is 9.02. The van der Waals surface area contributed by atoms with Gasteiger partial charge in [0.2, 0.25) is 5.91 Å². The van der Waals surface area contributed by atoms with Crippen LogP contribution in [0.5, 0.6) is 0 Å². The van der Waals surface area contributed by atoms with E-state index in [1.807, 2.05) is 33.1 Å². The van der Waals surface area contributed by atoms with Crippen LogP contribution in [0.25, 0.3) is 0 Å². The van der Waals surface area contributed by atoms with Gasteiger partial charge < -0.3 is 5.32 Å². The molecule has 3 rings (SSSR count). The van der Waals surface area contributed by atoms with Crippen LogP contribution in [0, 0.1) is 5.92 Å². The summed E-state index contributed by atoms with van der Waals surface area (Å²) < 4.78 is 0. The second kappa shape index (κ2) is 7.60. The normalized spacial score (nSPS) is 14.8. The van der Waals surface area contributed by atoms with Gasteiger partial charge in [-0.2, -0.15) is 0 Å². The van der Waals surface area contributed by atoms with E-state index in [1.54, 1.807) is 24.3 Å². The Kier molecular flexibility index (Phi) is 5.41. The number of fused-ring (bicyclic) bond motifs is 1. The average Bonchev–Trinajstić information content (AvgIpc) is 3.17. The average molecular weight is 385 g/mol. The summed E-state index contributed by atoms with van der Waals surface area (Å²) in [6.45, 7) is 7.97. The number of hydrogen-bond acceptors (Lipinski definition) is 5. The van der Waals surface area contributed by atoms with Gasteiger partial charge in [0.25, 0.3) is 11.8 Å². The van der Waals surface area contributed by atoms with Crippen molar-refractivity contribution in [2.75, 3.05) is 5.32 Å². The van der Waals surface area contributed by atoms with Gasteiger partial charge >= 0.3 is 0 Å². The smallest absolute Gasteiger partial charge is 0.262 e. The van der Waals surface area contributed by atoms with E-state index in [0.29, 0.717) is 22.7 Å². The highest BCUT2D eigenvalue weighted by Gasteiger charge is 2.42. The third-order valence-corrected chi connectivity index (χ3v) is 5.25. The van der Waals surface area contributed by atoms with Crippen LogP contribution in [0.2, 0.25) is 0 Å². The second-order valence-electron chi connectivity index (χ2n) is 7.39. The maximum atomic E-state index is 13.0. The lowest BCUT2D eigenvalue weighted by Crippen LogP contribution is -2.47. The Balaban J connectivity index is 1.86. The molecule has 3 amide bonds. The van der Waals surface area contributed by atoms with Gasteiger partial charge in [0, 0.05) is 5.38 Å². The van der Waals surface area contributed by atoms with Crippen LogP contribution in [-0.4, -0.2) is 33.6 Å².